The normalized spacial score (nSPS) is 12.0. The molecule has 144 valence electrons. The largest absolute Gasteiger partial charge is 0.480 e. The number of carbonyl (C=O) groups excluding carboxylic acids is 2. The molecule has 1 unspecified atom stereocenters. The van der Waals surface area contributed by atoms with Crippen LogP contribution in [0.4, 0.5) is 0 Å². The summed E-state index contributed by atoms with van der Waals surface area (Å²) in [4.78, 5) is 36.2. The average molecular weight is 370 g/mol. The number of aliphatic carboxylic acids is 1. The van der Waals surface area contributed by atoms with Crippen LogP contribution in [0.2, 0.25) is 0 Å². The molecule has 0 aliphatic rings. The Hall–Kier alpha value is -2.89. The fourth-order valence-electron chi connectivity index (χ4n) is 2.91. The monoisotopic (exact) mass is 370 g/mol. The number of hydrogen-bond acceptors (Lipinski definition) is 3. The number of amides is 1. The van der Waals surface area contributed by atoms with Crippen LogP contribution in [-0.4, -0.2) is 33.4 Å². The first-order chi connectivity index (χ1) is 12.7. The number of carboxylic acids is 1. The maximum atomic E-state index is 12.7. The van der Waals surface area contributed by atoms with Crippen molar-refractivity contribution >= 4 is 17.7 Å². The molecule has 1 atom stereocenters. The summed E-state index contributed by atoms with van der Waals surface area (Å²) in [6.45, 7) is 5.77. The van der Waals surface area contributed by atoms with Crippen molar-refractivity contribution in [2.45, 2.75) is 39.7 Å². The fraction of sp³-hybridized carbons (Fsp3) is 0.381. The van der Waals surface area contributed by atoms with Crippen molar-refractivity contribution in [2.24, 2.45) is 13.0 Å². The summed E-state index contributed by atoms with van der Waals surface area (Å²) in [6.07, 6.45) is 0.380. The van der Waals surface area contributed by atoms with E-state index in [1.165, 1.54) is 0 Å². The van der Waals surface area contributed by atoms with E-state index < -0.39 is 12.0 Å². The van der Waals surface area contributed by atoms with E-state index in [-0.39, 0.29) is 24.0 Å². The molecule has 0 fully saturated rings. The standard InChI is InChI=1S/C21H26N2O4/c1-13(2)11-17(21(26)27)22-19(24)12-16-9-10-18(23(16)4)20(25)15-7-5-14(3)6-8-15/h5-10,13,17H,11-12H2,1-4H3,(H,22,24)(H,26,27). The van der Waals surface area contributed by atoms with Gasteiger partial charge in [-0.1, -0.05) is 43.7 Å². The molecule has 0 radical (unpaired) electrons. The van der Waals surface area contributed by atoms with E-state index in [9.17, 15) is 19.5 Å². The zero-order valence-electron chi connectivity index (χ0n) is 16.2. The number of nitrogens with one attached hydrogen (secondary N) is 1. The summed E-state index contributed by atoms with van der Waals surface area (Å²) < 4.78 is 1.68. The Kier molecular flexibility index (Phi) is 6.55. The van der Waals surface area contributed by atoms with Crippen LogP contribution in [0, 0.1) is 12.8 Å². The van der Waals surface area contributed by atoms with Crippen molar-refractivity contribution in [3.63, 3.8) is 0 Å². The van der Waals surface area contributed by atoms with E-state index in [1.807, 2.05) is 32.9 Å². The minimum absolute atomic E-state index is 0.0134. The number of nitrogens with zero attached hydrogens (tertiary/aromatic N) is 1. The van der Waals surface area contributed by atoms with E-state index in [1.54, 1.807) is 35.9 Å². The van der Waals surface area contributed by atoms with Crippen molar-refractivity contribution < 1.29 is 19.5 Å². The predicted octanol–water partition coefficient (Wildman–Crippen LogP) is 2.72. The highest BCUT2D eigenvalue weighted by Crippen LogP contribution is 2.15. The van der Waals surface area contributed by atoms with Crippen molar-refractivity contribution in [1.82, 2.24) is 9.88 Å². The second-order valence-corrected chi connectivity index (χ2v) is 7.23. The highest BCUT2D eigenvalue weighted by atomic mass is 16.4. The van der Waals surface area contributed by atoms with Crippen LogP contribution in [0.3, 0.4) is 0 Å². The Balaban J connectivity index is 2.10. The molecule has 0 saturated carbocycles. The second-order valence-electron chi connectivity index (χ2n) is 7.23. The molecule has 2 N–H and O–H groups in total. The minimum atomic E-state index is -1.04. The van der Waals surface area contributed by atoms with Crippen LogP contribution in [-0.2, 0) is 23.1 Å². The zero-order chi connectivity index (χ0) is 20.1. The molecule has 1 heterocycles. The first-order valence-corrected chi connectivity index (χ1v) is 8.97. The number of hydrogen-bond donors (Lipinski definition) is 2. The Morgan fingerprint density at radius 3 is 2.26 bits per heavy atom. The molecule has 6 nitrogen and oxygen atoms in total. The van der Waals surface area contributed by atoms with Gasteiger partial charge >= 0.3 is 5.97 Å². The first kappa shape index (κ1) is 20.4. The van der Waals surface area contributed by atoms with Crippen molar-refractivity contribution in [2.75, 3.05) is 0 Å². The Labute approximate surface area is 159 Å². The molecule has 1 amide bonds. The Morgan fingerprint density at radius 2 is 1.70 bits per heavy atom. The van der Waals surface area contributed by atoms with E-state index in [0.29, 0.717) is 23.4 Å². The number of ketones is 1. The molecular formula is C21H26N2O4. The summed E-state index contributed by atoms with van der Waals surface area (Å²) in [5.74, 6) is -1.38. The lowest BCUT2D eigenvalue weighted by molar-refractivity contribution is -0.142. The molecule has 0 aliphatic heterocycles. The third-order valence-corrected chi connectivity index (χ3v) is 4.45. The lowest BCUT2D eigenvalue weighted by Crippen LogP contribution is -2.42. The van der Waals surface area contributed by atoms with Crippen molar-refractivity contribution in [1.29, 1.82) is 0 Å². The number of carbonyl (C=O) groups is 3. The van der Waals surface area contributed by atoms with Crippen molar-refractivity contribution in [3.8, 4) is 0 Å². The zero-order valence-corrected chi connectivity index (χ0v) is 16.2. The quantitative estimate of drug-likeness (QED) is 0.699. The summed E-state index contributed by atoms with van der Waals surface area (Å²) >= 11 is 0. The molecule has 0 aliphatic carbocycles. The molecule has 27 heavy (non-hydrogen) atoms. The summed E-state index contributed by atoms with van der Waals surface area (Å²) in [6, 6.07) is 9.82. The van der Waals surface area contributed by atoms with E-state index in [4.69, 9.17) is 0 Å². The SMILES string of the molecule is Cc1ccc(C(=O)c2ccc(CC(=O)NC(CC(C)C)C(=O)O)n2C)cc1. The fourth-order valence-corrected chi connectivity index (χ4v) is 2.91. The molecule has 1 aromatic heterocycles. The maximum absolute atomic E-state index is 12.7. The Morgan fingerprint density at radius 1 is 1.07 bits per heavy atom. The van der Waals surface area contributed by atoms with Crippen LogP contribution in [0.5, 0.6) is 0 Å². The van der Waals surface area contributed by atoms with Gasteiger partial charge in [-0.3, -0.25) is 9.59 Å². The smallest absolute Gasteiger partial charge is 0.326 e. The molecular weight excluding hydrogens is 344 g/mol. The van der Waals surface area contributed by atoms with E-state index in [2.05, 4.69) is 5.32 Å². The molecule has 0 bridgehead atoms. The maximum Gasteiger partial charge on any atom is 0.326 e. The van der Waals surface area contributed by atoms with Crippen LogP contribution in [0.25, 0.3) is 0 Å². The number of aromatic nitrogens is 1. The third kappa shape index (κ3) is 5.29. The van der Waals surface area contributed by atoms with Gasteiger partial charge in [0.25, 0.3) is 0 Å². The van der Waals surface area contributed by atoms with Gasteiger partial charge in [-0.05, 0) is 31.4 Å². The van der Waals surface area contributed by atoms with Crippen LogP contribution in [0.15, 0.2) is 36.4 Å². The average Bonchev–Trinajstić information content (AvgIpc) is 2.94. The molecule has 2 rings (SSSR count). The van der Waals surface area contributed by atoms with Gasteiger partial charge in [-0.15, -0.1) is 0 Å². The summed E-state index contributed by atoms with van der Waals surface area (Å²) in [7, 11) is 1.73. The Bertz CT molecular complexity index is 834. The number of rotatable bonds is 8. The minimum Gasteiger partial charge on any atom is -0.480 e. The number of benzene rings is 1. The number of aryl methyl sites for hydroxylation is 1. The lowest BCUT2D eigenvalue weighted by Gasteiger charge is -2.16. The van der Waals surface area contributed by atoms with Crippen molar-refractivity contribution in [3.05, 3.63) is 58.9 Å². The highest BCUT2D eigenvalue weighted by Gasteiger charge is 2.22. The predicted molar refractivity (Wildman–Crippen MR) is 103 cm³/mol. The third-order valence-electron chi connectivity index (χ3n) is 4.45. The number of carboxylic acid groups (broad SMARTS) is 1. The highest BCUT2D eigenvalue weighted by molar-refractivity contribution is 6.08. The van der Waals surface area contributed by atoms with Crippen LogP contribution < -0.4 is 5.32 Å². The molecule has 6 heteroatoms. The van der Waals surface area contributed by atoms with Gasteiger partial charge in [0, 0.05) is 18.3 Å². The van der Waals surface area contributed by atoms with Gasteiger partial charge in [-0.2, -0.15) is 0 Å². The van der Waals surface area contributed by atoms with Gasteiger partial charge in [0.1, 0.15) is 6.04 Å². The molecule has 1 aromatic carbocycles. The van der Waals surface area contributed by atoms with E-state index in [0.717, 1.165) is 5.56 Å². The first-order valence-electron chi connectivity index (χ1n) is 8.97. The van der Waals surface area contributed by atoms with Gasteiger partial charge < -0.3 is 15.0 Å². The topological polar surface area (TPSA) is 88.4 Å². The summed E-state index contributed by atoms with van der Waals surface area (Å²) in [5.41, 5.74) is 2.79. The molecule has 2 aromatic rings. The van der Waals surface area contributed by atoms with Gasteiger partial charge in [-0.25, -0.2) is 4.79 Å². The second kappa shape index (κ2) is 8.66. The molecule has 0 spiro atoms. The van der Waals surface area contributed by atoms with Gasteiger partial charge in [0.2, 0.25) is 11.7 Å². The van der Waals surface area contributed by atoms with E-state index >= 15 is 0 Å². The van der Waals surface area contributed by atoms with Crippen LogP contribution >= 0.6 is 0 Å². The summed E-state index contributed by atoms with van der Waals surface area (Å²) in [5, 5.41) is 11.8. The molecule has 0 saturated heterocycles. The van der Waals surface area contributed by atoms with Gasteiger partial charge in [0.05, 0.1) is 12.1 Å². The van der Waals surface area contributed by atoms with Crippen LogP contribution in [0.1, 0.15) is 47.6 Å². The lowest BCUT2D eigenvalue weighted by atomic mass is 10.0. The van der Waals surface area contributed by atoms with Gasteiger partial charge in [0.15, 0.2) is 0 Å².